The molecule has 32 heavy (non-hydrogen) atoms. The van der Waals surface area contributed by atoms with Gasteiger partial charge in [-0.1, -0.05) is 30.3 Å². The minimum absolute atomic E-state index is 0.148. The summed E-state index contributed by atoms with van der Waals surface area (Å²) in [5.74, 6) is 1.53. The van der Waals surface area contributed by atoms with Crippen LogP contribution < -0.4 is 10.1 Å². The summed E-state index contributed by atoms with van der Waals surface area (Å²) in [5.41, 5.74) is 4.23. The summed E-state index contributed by atoms with van der Waals surface area (Å²) in [4.78, 5) is 15.4. The van der Waals surface area contributed by atoms with Crippen LogP contribution in [0.4, 0.5) is 4.79 Å². The Labute approximate surface area is 187 Å². The maximum absolute atomic E-state index is 13.5. The van der Waals surface area contributed by atoms with Gasteiger partial charge in [-0.3, -0.25) is 0 Å². The fourth-order valence-corrected chi connectivity index (χ4v) is 4.28. The lowest BCUT2D eigenvalue weighted by Crippen LogP contribution is -2.41. The summed E-state index contributed by atoms with van der Waals surface area (Å²) < 4.78 is 13.2. The van der Waals surface area contributed by atoms with Crippen molar-refractivity contribution in [2.75, 3.05) is 6.61 Å². The van der Waals surface area contributed by atoms with E-state index in [4.69, 9.17) is 9.15 Å². The first-order valence-electron chi connectivity index (χ1n) is 10.8. The number of aromatic nitrogens is 1. The van der Waals surface area contributed by atoms with Crippen LogP contribution in [0.25, 0.3) is 5.69 Å². The fourth-order valence-electron chi connectivity index (χ4n) is 4.28. The van der Waals surface area contributed by atoms with Gasteiger partial charge in [-0.25, -0.2) is 4.79 Å². The minimum Gasteiger partial charge on any atom is -0.494 e. The van der Waals surface area contributed by atoms with Crippen LogP contribution in [0.15, 0.2) is 89.7 Å². The van der Waals surface area contributed by atoms with E-state index in [1.54, 1.807) is 6.26 Å². The molecule has 1 aliphatic heterocycles. The molecule has 162 valence electrons. The number of furan rings is 1. The van der Waals surface area contributed by atoms with E-state index in [9.17, 15) is 4.79 Å². The highest BCUT2D eigenvalue weighted by molar-refractivity contribution is 5.76. The number of para-hydroxylation sites is 1. The van der Waals surface area contributed by atoms with Gasteiger partial charge in [0.15, 0.2) is 0 Å². The zero-order chi connectivity index (χ0) is 21.9. The molecule has 2 aromatic carbocycles. The van der Waals surface area contributed by atoms with Crippen LogP contribution in [-0.2, 0) is 13.1 Å². The van der Waals surface area contributed by atoms with Crippen molar-refractivity contribution in [3.63, 3.8) is 0 Å². The predicted molar refractivity (Wildman–Crippen MR) is 122 cm³/mol. The number of rotatable bonds is 5. The van der Waals surface area contributed by atoms with Crippen LogP contribution >= 0.6 is 0 Å². The van der Waals surface area contributed by atoms with Crippen LogP contribution in [0.3, 0.4) is 0 Å². The number of ether oxygens (including phenoxy) is 1. The molecule has 0 radical (unpaired) electrons. The molecule has 0 unspecified atom stereocenters. The van der Waals surface area contributed by atoms with E-state index in [1.165, 1.54) is 0 Å². The SMILES string of the molecule is CCOc1ccc([C@@H]2c3cccn3-c3ccccc3CN2C(=O)NCc2ccco2)cc1. The van der Waals surface area contributed by atoms with Gasteiger partial charge in [-0.15, -0.1) is 0 Å². The molecule has 0 bridgehead atoms. The van der Waals surface area contributed by atoms with E-state index in [2.05, 4.69) is 34.3 Å². The smallest absolute Gasteiger partial charge is 0.318 e. The molecule has 6 nitrogen and oxygen atoms in total. The second-order valence-electron chi connectivity index (χ2n) is 7.70. The molecule has 3 heterocycles. The van der Waals surface area contributed by atoms with Crippen molar-refractivity contribution >= 4 is 6.03 Å². The molecule has 0 saturated carbocycles. The Morgan fingerprint density at radius 2 is 1.91 bits per heavy atom. The molecule has 5 rings (SSSR count). The van der Waals surface area contributed by atoms with Gasteiger partial charge in [0.1, 0.15) is 11.5 Å². The van der Waals surface area contributed by atoms with Gasteiger partial charge in [0.25, 0.3) is 0 Å². The first-order chi connectivity index (χ1) is 15.7. The van der Waals surface area contributed by atoms with Crippen molar-refractivity contribution < 1.29 is 13.9 Å². The summed E-state index contributed by atoms with van der Waals surface area (Å²) in [7, 11) is 0. The highest BCUT2D eigenvalue weighted by Gasteiger charge is 2.32. The topological polar surface area (TPSA) is 59.6 Å². The highest BCUT2D eigenvalue weighted by Crippen LogP contribution is 2.37. The molecule has 0 aliphatic carbocycles. The zero-order valence-corrected chi connectivity index (χ0v) is 17.9. The minimum atomic E-state index is -0.260. The lowest BCUT2D eigenvalue weighted by Gasteiger charge is -2.31. The van der Waals surface area contributed by atoms with Gasteiger partial charge < -0.3 is 23.9 Å². The number of carbonyl (C=O) groups excluding carboxylic acids is 1. The quantitative estimate of drug-likeness (QED) is 0.471. The summed E-state index contributed by atoms with van der Waals surface area (Å²) in [6, 6.07) is 23.6. The Hall–Kier alpha value is -3.93. The zero-order valence-electron chi connectivity index (χ0n) is 17.9. The lowest BCUT2D eigenvalue weighted by atomic mass is 10.0. The Kier molecular flexibility index (Phi) is 5.42. The van der Waals surface area contributed by atoms with Crippen molar-refractivity contribution in [2.45, 2.75) is 26.1 Å². The van der Waals surface area contributed by atoms with E-state index in [1.807, 2.05) is 66.4 Å². The average Bonchev–Trinajstić information content (AvgIpc) is 3.49. The summed E-state index contributed by atoms with van der Waals surface area (Å²) in [5, 5.41) is 3.03. The average molecular weight is 428 g/mol. The van der Waals surface area contributed by atoms with Gasteiger partial charge in [0, 0.05) is 11.9 Å². The maximum Gasteiger partial charge on any atom is 0.318 e. The number of urea groups is 1. The van der Waals surface area contributed by atoms with E-state index < -0.39 is 0 Å². The number of benzene rings is 2. The predicted octanol–water partition coefficient (Wildman–Crippen LogP) is 5.28. The Bertz CT molecular complexity index is 1200. The largest absolute Gasteiger partial charge is 0.494 e. The molecule has 1 atom stereocenters. The van der Waals surface area contributed by atoms with Crippen LogP contribution in [0.2, 0.25) is 0 Å². The number of fused-ring (bicyclic) bond motifs is 3. The van der Waals surface area contributed by atoms with Crippen LogP contribution in [0.1, 0.15) is 35.5 Å². The molecule has 2 amide bonds. The summed E-state index contributed by atoms with van der Waals surface area (Å²) in [6.07, 6.45) is 3.67. The standard InChI is InChI=1S/C26H25N3O3/c1-2-31-21-13-11-19(12-14-21)25-24-10-5-15-28(24)23-9-4-3-7-20(23)18-29(25)26(30)27-17-22-8-6-16-32-22/h3-16,25H,2,17-18H2,1H3,(H,27,30)/t25-/m1/s1. The molecule has 0 saturated heterocycles. The molecule has 4 aromatic rings. The number of hydrogen-bond donors (Lipinski definition) is 1. The van der Waals surface area contributed by atoms with Crippen molar-refractivity contribution in [3.8, 4) is 11.4 Å². The van der Waals surface area contributed by atoms with Gasteiger partial charge in [-0.05, 0) is 60.5 Å². The number of nitrogens with zero attached hydrogens (tertiary/aromatic N) is 2. The van der Waals surface area contributed by atoms with Gasteiger partial charge in [0.05, 0.1) is 37.7 Å². The third kappa shape index (κ3) is 3.75. The Morgan fingerprint density at radius 3 is 2.69 bits per heavy atom. The van der Waals surface area contributed by atoms with Crippen LogP contribution in [-0.4, -0.2) is 22.1 Å². The lowest BCUT2D eigenvalue weighted by molar-refractivity contribution is 0.179. The third-order valence-corrected chi connectivity index (χ3v) is 5.73. The van der Waals surface area contributed by atoms with Crippen molar-refractivity contribution in [1.82, 2.24) is 14.8 Å². The maximum atomic E-state index is 13.5. The van der Waals surface area contributed by atoms with Crippen LogP contribution in [0, 0.1) is 0 Å². The number of amides is 2. The summed E-state index contributed by atoms with van der Waals surface area (Å²) in [6.45, 7) is 3.40. The van der Waals surface area contributed by atoms with Crippen molar-refractivity contribution in [2.24, 2.45) is 0 Å². The first kappa shape index (κ1) is 20.0. The Balaban J connectivity index is 1.56. The van der Waals surface area contributed by atoms with Crippen molar-refractivity contribution in [3.05, 3.63) is 108 Å². The number of carbonyl (C=O) groups is 1. The summed E-state index contributed by atoms with van der Waals surface area (Å²) >= 11 is 0. The molecule has 0 spiro atoms. The molecular weight excluding hydrogens is 402 g/mol. The second-order valence-corrected chi connectivity index (χ2v) is 7.70. The normalized spacial score (nSPS) is 14.9. The number of hydrogen-bond acceptors (Lipinski definition) is 3. The molecular formula is C26H25N3O3. The number of nitrogens with one attached hydrogen (secondary N) is 1. The van der Waals surface area contributed by atoms with Gasteiger partial charge in [-0.2, -0.15) is 0 Å². The van der Waals surface area contributed by atoms with Gasteiger partial charge >= 0.3 is 6.03 Å². The first-order valence-corrected chi connectivity index (χ1v) is 10.8. The van der Waals surface area contributed by atoms with Gasteiger partial charge in [0.2, 0.25) is 0 Å². The Morgan fingerprint density at radius 1 is 1.06 bits per heavy atom. The monoisotopic (exact) mass is 427 g/mol. The molecule has 6 heteroatoms. The van der Waals surface area contributed by atoms with Crippen LogP contribution in [0.5, 0.6) is 5.75 Å². The van der Waals surface area contributed by atoms with E-state index in [0.29, 0.717) is 19.7 Å². The highest BCUT2D eigenvalue weighted by atomic mass is 16.5. The van der Waals surface area contributed by atoms with E-state index in [0.717, 1.165) is 34.0 Å². The molecule has 2 aromatic heterocycles. The van der Waals surface area contributed by atoms with E-state index >= 15 is 0 Å². The fraction of sp³-hybridized carbons (Fsp3) is 0.192. The van der Waals surface area contributed by atoms with E-state index in [-0.39, 0.29) is 12.1 Å². The molecule has 1 N–H and O–H groups in total. The van der Waals surface area contributed by atoms with Crippen molar-refractivity contribution in [1.29, 1.82) is 0 Å². The second kappa shape index (κ2) is 8.67. The molecule has 0 fully saturated rings. The third-order valence-electron chi connectivity index (χ3n) is 5.73. The molecule has 1 aliphatic rings.